The molecule has 0 bridgehead atoms. The largest absolute Gasteiger partial charge is 0.389 e. The Morgan fingerprint density at radius 1 is 0.909 bits per heavy atom. The van der Waals surface area contributed by atoms with Gasteiger partial charge >= 0.3 is 0 Å². The molecule has 0 radical (unpaired) electrons. The molecular formula is C6H13NO4. The third-order valence-electron chi connectivity index (χ3n) is 1.97. The smallest absolute Gasteiger partial charge is 0.134 e. The SMILES string of the molecule is C[C@@H]1N[C@H](O)[C@H](O)[C@H](O)[C@@H]1O. The van der Waals surface area contributed by atoms with E-state index in [-0.39, 0.29) is 0 Å². The van der Waals surface area contributed by atoms with Gasteiger partial charge < -0.3 is 20.4 Å². The van der Waals surface area contributed by atoms with E-state index < -0.39 is 30.6 Å². The lowest BCUT2D eigenvalue weighted by Gasteiger charge is -2.37. The molecule has 5 heteroatoms. The lowest BCUT2D eigenvalue weighted by atomic mass is 9.96. The van der Waals surface area contributed by atoms with Crippen LogP contribution in [-0.2, 0) is 0 Å². The zero-order valence-electron chi connectivity index (χ0n) is 6.18. The Balaban J connectivity index is 2.63. The molecular weight excluding hydrogens is 150 g/mol. The standard InChI is InChI=1S/C6H13NO4/c1-2-3(8)4(9)5(10)6(11)7-2/h2-11H,1H3/t2-,3+,4+,5+,6+/m0/s1. The molecule has 1 saturated heterocycles. The van der Waals surface area contributed by atoms with Crippen LogP contribution in [0.2, 0.25) is 0 Å². The highest BCUT2D eigenvalue weighted by molar-refractivity contribution is 4.91. The number of aliphatic hydroxyl groups excluding tert-OH is 4. The van der Waals surface area contributed by atoms with Crippen molar-refractivity contribution in [2.45, 2.75) is 37.5 Å². The maximum absolute atomic E-state index is 9.15. The Morgan fingerprint density at radius 2 is 1.45 bits per heavy atom. The molecule has 0 aliphatic carbocycles. The van der Waals surface area contributed by atoms with Crippen molar-refractivity contribution in [2.24, 2.45) is 0 Å². The van der Waals surface area contributed by atoms with Crippen molar-refractivity contribution in [1.82, 2.24) is 5.32 Å². The first-order valence-electron chi connectivity index (χ1n) is 3.52. The van der Waals surface area contributed by atoms with Crippen LogP contribution in [0.4, 0.5) is 0 Å². The molecule has 0 amide bonds. The molecule has 0 aromatic carbocycles. The summed E-state index contributed by atoms with van der Waals surface area (Å²) in [7, 11) is 0. The van der Waals surface area contributed by atoms with Crippen molar-refractivity contribution >= 4 is 0 Å². The third kappa shape index (κ3) is 1.52. The molecule has 5 atom stereocenters. The molecule has 1 aliphatic heterocycles. The van der Waals surface area contributed by atoms with E-state index in [1.165, 1.54) is 0 Å². The van der Waals surface area contributed by atoms with Gasteiger partial charge in [-0.2, -0.15) is 0 Å². The number of aliphatic hydroxyl groups is 4. The summed E-state index contributed by atoms with van der Waals surface area (Å²) in [5.74, 6) is 0. The fourth-order valence-corrected chi connectivity index (χ4v) is 1.15. The van der Waals surface area contributed by atoms with Gasteiger partial charge in [0.25, 0.3) is 0 Å². The van der Waals surface area contributed by atoms with Crippen LogP contribution in [-0.4, -0.2) is 51.0 Å². The monoisotopic (exact) mass is 163 g/mol. The summed E-state index contributed by atoms with van der Waals surface area (Å²) in [6, 6.07) is -0.414. The Kier molecular flexibility index (Phi) is 2.46. The molecule has 5 nitrogen and oxygen atoms in total. The van der Waals surface area contributed by atoms with Gasteiger partial charge in [-0.25, -0.2) is 0 Å². The molecule has 5 N–H and O–H groups in total. The molecule has 0 saturated carbocycles. The Bertz CT molecular complexity index is 129. The number of rotatable bonds is 0. The van der Waals surface area contributed by atoms with Gasteiger partial charge in [-0.3, -0.25) is 5.32 Å². The minimum atomic E-state index is -1.32. The van der Waals surface area contributed by atoms with Gasteiger partial charge in [0.1, 0.15) is 18.4 Å². The van der Waals surface area contributed by atoms with Gasteiger partial charge in [0, 0.05) is 6.04 Å². The van der Waals surface area contributed by atoms with Crippen molar-refractivity contribution in [3.05, 3.63) is 0 Å². The fourth-order valence-electron chi connectivity index (χ4n) is 1.15. The fraction of sp³-hybridized carbons (Fsp3) is 1.00. The number of nitrogens with one attached hydrogen (secondary N) is 1. The van der Waals surface area contributed by atoms with E-state index in [9.17, 15) is 0 Å². The van der Waals surface area contributed by atoms with E-state index in [1.54, 1.807) is 6.92 Å². The normalized spacial score (nSPS) is 52.6. The summed E-state index contributed by atoms with van der Waals surface area (Å²) < 4.78 is 0. The van der Waals surface area contributed by atoms with Gasteiger partial charge in [0.15, 0.2) is 0 Å². The molecule has 1 fully saturated rings. The summed E-state index contributed by atoms with van der Waals surface area (Å²) in [5.41, 5.74) is 0. The van der Waals surface area contributed by atoms with Crippen LogP contribution in [0.3, 0.4) is 0 Å². The van der Waals surface area contributed by atoms with Crippen LogP contribution >= 0.6 is 0 Å². The second-order valence-electron chi connectivity index (χ2n) is 2.87. The molecule has 0 aromatic rings. The Hall–Kier alpha value is -0.200. The van der Waals surface area contributed by atoms with E-state index >= 15 is 0 Å². The highest BCUT2D eigenvalue weighted by Gasteiger charge is 2.39. The summed E-state index contributed by atoms with van der Waals surface area (Å²) in [4.78, 5) is 0. The van der Waals surface area contributed by atoms with E-state index in [2.05, 4.69) is 5.32 Å². The van der Waals surface area contributed by atoms with Gasteiger partial charge in [-0.05, 0) is 6.92 Å². The zero-order valence-corrected chi connectivity index (χ0v) is 6.18. The quantitative estimate of drug-likeness (QED) is 0.269. The average Bonchev–Trinajstić information content (AvgIpc) is 1.97. The average molecular weight is 163 g/mol. The van der Waals surface area contributed by atoms with Crippen molar-refractivity contribution in [3.63, 3.8) is 0 Å². The van der Waals surface area contributed by atoms with Gasteiger partial charge in [0.05, 0.1) is 6.10 Å². The van der Waals surface area contributed by atoms with E-state index in [4.69, 9.17) is 20.4 Å². The molecule has 1 heterocycles. The van der Waals surface area contributed by atoms with Crippen LogP contribution in [0.5, 0.6) is 0 Å². The highest BCUT2D eigenvalue weighted by atomic mass is 16.4. The maximum atomic E-state index is 9.15. The summed E-state index contributed by atoms with van der Waals surface area (Å²) in [6.45, 7) is 1.61. The Labute approximate surface area is 64.3 Å². The molecule has 1 aliphatic rings. The second-order valence-corrected chi connectivity index (χ2v) is 2.87. The number of piperidine rings is 1. The number of hydrogen-bond donors (Lipinski definition) is 5. The highest BCUT2D eigenvalue weighted by Crippen LogP contribution is 2.13. The van der Waals surface area contributed by atoms with E-state index in [0.717, 1.165) is 0 Å². The zero-order chi connectivity index (χ0) is 8.59. The first kappa shape index (κ1) is 8.89. The second kappa shape index (κ2) is 3.04. The van der Waals surface area contributed by atoms with E-state index in [0.29, 0.717) is 0 Å². The van der Waals surface area contributed by atoms with Crippen LogP contribution in [0, 0.1) is 0 Å². The first-order valence-corrected chi connectivity index (χ1v) is 3.52. The topological polar surface area (TPSA) is 93.0 Å². The molecule has 0 spiro atoms. The lowest BCUT2D eigenvalue weighted by molar-refractivity contribution is -0.154. The van der Waals surface area contributed by atoms with Crippen molar-refractivity contribution in [2.75, 3.05) is 0 Å². The van der Waals surface area contributed by atoms with Crippen molar-refractivity contribution < 1.29 is 20.4 Å². The summed E-state index contributed by atoms with van der Waals surface area (Å²) >= 11 is 0. The third-order valence-corrected chi connectivity index (χ3v) is 1.97. The number of hydrogen-bond acceptors (Lipinski definition) is 5. The minimum absolute atomic E-state index is 0.414. The maximum Gasteiger partial charge on any atom is 0.134 e. The van der Waals surface area contributed by atoms with Crippen LogP contribution < -0.4 is 5.32 Å². The van der Waals surface area contributed by atoms with Crippen molar-refractivity contribution in [1.29, 1.82) is 0 Å². The predicted molar refractivity (Wildman–Crippen MR) is 36.6 cm³/mol. The minimum Gasteiger partial charge on any atom is -0.389 e. The molecule has 66 valence electrons. The van der Waals surface area contributed by atoms with Crippen LogP contribution in [0.1, 0.15) is 6.92 Å². The molecule has 1 rings (SSSR count). The predicted octanol–water partition coefficient (Wildman–Crippen LogP) is -2.62. The van der Waals surface area contributed by atoms with Gasteiger partial charge in [-0.15, -0.1) is 0 Å². The van der Waals surface area contributed by atoms with Crippen LogP contribution in [0.15, 0.2) is 0 Å². The molecule has 0 aromatic heterocycles. The Morgan fingerprint density at radius 3 is 2.00 bits per heavy atom. The van der Waals surface area contributed by atoms with Gasteiger partial charge in [0.2, 0.25) is 0 Å². The first-order chi connectivity index (χ1) is 5.04. The van der Waals surface area contributed by atoms with E-state index in [1.807, 2.05) is 0 Å². The van der Waals surface area contributed by atoms with Gasteiger partial charge in [-0.1, -0.05) is 0 Å². The molecule has 0 unspecified atom stereocenters. The van der Waals surface area contributed by atoms with Crippen molar-refractivity contribution in [3.8, 4) is 0 Å². The summed E-state index contributed by atoms with van der Waals surface area (Å²) in [5, 5.41) is 38.8. The molecule has 11 heavy (non-hydrogen) atoms. The van der Waals surface area contributed by atoms with Crippen LogP contribution in [0.25, 0.3) is 0 Å². The lowest BCUT2D eigenvalue weighted by Crippen LogP contribution is -2.63. The summed E-state index contributed by atoms with van der Waals surface area (Å²) in [6.07, 6.45) is -4.79.